The molecule has 28 heavy (non-hydrogen) atoms. The highest BCUT2D eigenvalue weighted by molar-refractivity contribution is 6.00. The van der Waals surface area contributed by atoms with Crippen LogP contribution in [0.3, 0.4) is 0 Å². The minimum atomic E-state index is -0.262. The zero-order valence-electron chi connectivity index (χ0n) is 17.3. The van der Waals surface area contributed by atoms with E-state index in [1.165, 1.54) is 5.56 Å². The molecule has 2 fully saturated rings. The largest absolute Gasteiger partial charge is 0.373 e. The van der Waals surface area contributed by atoms with Crippen LogP contribution >= 0.6 is 0 Å². The van der Waals surface area contributed by atoms with Gasteiger partial charge in [0.2, 0.25) is 11.8 Å². The van der Waals surface area contributed by atoms with Gasteiger partial charge in [0.1, 0.15) is 0 Å². The van der Waals surface area contributed by atoms with Crippen LogP contribution in [0, 0.1) is 5.92 Å². The van der Waals surface area contributed by atoms with Crippen molar-refractivity contribution in [1.82, 2.24) is 10.2 Å². The molecule has 1 aromatic rings. The highest BCUT2D eigenvalue weighted by Gasteiger charge is 2.35. The third-order valence-electron chi connectivity index (χ3n) is 5.60. The summed E-state index contributed by atoms with van der Waals surface area (Å²) in [6, 6.07) is 8.04. The van der Waals surface area contributed by atoms with Crippen molar-refractivity contribution < 1.29 is 14.3 Å². The maximum Gasteiger partial charge on any atom is 0.227 e. The topological polar surface area (TPSA) is 61.9 Å². The average Bonchev–Trinajstić information content (AvgIpc) is 3.06. The van der Waals surface area contributed by atoms with Gasteiger partial charge in [0.05, 0.1) is 18.1 Å². The number of amides is 2. The Bertz CT molecular complexity index is 666. The molecule has 1 N–H and O–H groups in total. The Morgan fingerprint density at radius 2 is 1.82 bits per heavy atom. The summed E-state index contributed by atoms with van der Waals surface area (Å²) in [6.07, 6.45) is 2.70. The molecule has 3 rings (SSSR count). The van der Waals surface area contributed by atoms with Crippen LogP contribution in [0.4, 0.5) is 5.69 Å². The zero-order chi connectivity index (χ0) is 20.1. The number of carbonyl (C=O) groups excluding carboxylic acids is 2. The number of hydrogen-bond acceptors (Lipinski definition) is 4. The molecule has 0 spiro atoms. The summed E-state index contributed by atoms with van der Waals surface area (Å²) in [5, 5.41) is 3.02. The fraction of sp³-hybridized carbons (Fsp3) is 0.636. The molecule has 0 aliphatic carbocycles. The second kappa shape index (κ2) is 9.52. The van der Waals surface area contributed by atoms with Gasteiger partial charge in [0, 0.05) is 44.8 Å². The van der Waals surface area contributed by atoms with Crippen molar-refractivity contribution in [3.05, 3.63) is 29.8 Å². The Kier molecular flexibility index (Phi) is 7.08. The van der Waals surface area contributed by atoms with Crippen LogP contribution in [0.2, 0.25) is 0 Å². The van der Waals surface area contributed by atoms with Gasteiger partial charge < -0.3 is 15.0 Å². The summed E-state index contributed by atoms with van der Waals surface area (Å²) in [4.78, 5) is 29.0. The Labute approximate surface area is 168 Å². The van der Waals surface area contributed by atoms with Crippen molar-refractivity contribution in [2.24, 2.45) is 5.92 Å². The number of nitrogens with one attached hydrogen (secondary N) is 1. The van der Waals surface area contributed by atoms with Gasteiger partial charge in [-0.3, -0.25) is 14.5 Å². The molecule has 0 bridgehead atoms. The summed E-state index contributed by atoms with van der Waals surface area (Å²) >= 11 is 0. The van der Waals surface area contributed by atoms with Crippen molar-refractivity contribution >= 4 is 17.5 Å². The van der Waals surface area contributed by atoms with Gasteiger partial charge in [-0.2, -0.15) is 0 Å². The first-order valence-corrected chi connectivity index (χ1v) is 10.5. The van der Waals surface area contributed by atoms with Gasteiger partial charge in [0.15, 0.2) is 0 Å². The third-order valence-corrected chi connectivity index (χ3v) is 5.60. The molecule has 2 aliphatic heterocycles. The first kappa shape index (κ1) is 20.8. The number of morpholine rings is 1. The van der Waals surface area contributed by atoms with Crippen molar-refractivity contribution in [1.29, 1.82) is 0 Å². The van der Waals surface area contributed by atoms with Crippen LogP contribution in [0.15, 0.2) is 24.3 Å². The number of nitrogens with zero attached hydrogens (tertiary/aromatic N) is 2. The van der Waals surface area contributed by atoms with Gasteiger partial charge in [-0.25, -0.2) is 0 Å². The molecule has 0 aromatic heterocycles. The van der Waals surface area contributed by atoms with E-state index in [9.17, 15) is 9.59 Å². The van der Waals surface area contributed by atoms with E-state index in [0.717, 1.165) is 38.2 Å². The fourth-order valence-corrected chi connectivity index (χ4v) is 4.17. The molecular weight excluding hydrogens is 354 g/mol. The summed E-state index contributed by atoms with van der Waals surface area (Å²) in [6.45, 7) is 10.3. The molecule has 2 amide bonds. The highest BCUT2D eigenvalue weighted by Crippen LogP contribution is 2.25. The van der Waals surface area contributed by atoms with Crippen molar-refractivity contribution in [2.75, 3.05) is 37.6 Å². The van der Waals surface area contributed by atoms with E-state index < -0.39 is 0 Å². The van der Waals surface area contributed by atoms with Crippen LogP contribution in [0.25, 0.3) is 0 Å². The molecular formula is C22H33N3O3. The number of aryl methyl sites for hydroxylation is 1. The number of carbonyl (C=O) groups is 2. The van der Waals surface area contributed by atoms with Gasteiger partial charge in [0.25, 0.3) is 0 Å². The summed E-state index contributed by atoms with van der Waals surface area (Å²) in [5.74, 6) is -0.243. The van der Waals surface area contributed by atoms with Gasteiger partial charge in [-0.15, -0.1) is 0 Å². The van der Waals surface area contributed by atoms with E-state index in [2.05, 4.69) is 31.0 Å². The Morgan fingerprint density at radius 3 is 2.46 bits per heavy atom. The molecule has 3 atom stereocenters. The van der Waals surface area contributed by atoms with E-state index in [1.807, 2.05) is 24.3 Å². The van der Waals surface area contributed by atoms with Crippen molar-refractivity contribution in [3.63, 3.8) is 0 Å². The van der Waals surface area contributed by atoms with Gasteiger partial charge in [-0.05, 0) is 44.4 Å². The number of ether oxygens (including phenoxy) is 1. The van der Waals surface area contributed by atoms with Crippen LogP contribution in [0.5, 0.6) is 0 Å². The first-order valence-electron chi connectivity index (χ1n) is 10.5. The summed E-state index contributed by atoms with van der Waals surface area (Å²) in [5.41, 5.74) is 2.13. The molecule has 6 nitrogen and oxygen atoms in total. The molecule has 2 heterocycles. The molecule has 0 saturated carbocycles. The lowest BCUT2D eigenvalue weighted by atomic mass is 10.1. The van der Waals surface area contributed by atoms with Crippen LogP contribution < -0.4 is 10.2 Å². The van der Waals surface area contributed by atoms with E-state index in [1.54, 1.807) is 4.90 Å². The van der Waals surface area contributed by atoms with E-state index >= 15 is 0 Å². The lowest BCUT2D eigenvalue weighted by Gasteiger charge is -2.35. The van der Waals surface area contributed by atoms with E-state index in [-0.39, 0.29) is 29.9 Å². The van der Waals surface area contributed by atoms with Crippen molar-refractivity contribution in [2.45, 2.75) is 52.2 Å². The Morgan fingerprint density at radius 1 is 1.14 bits per heavy atom. The minimum Gasteiger partial charge on any atom is -0.373 e. The lowest BCUT2D eigenvalue weighted by Crippen LogP contribution is -2.46. The minimum absolute atomic E-state index is 0.00950. The third kappa shape index (κ3) is 5.32. The normalized spacial score (nSPS) is 25.9. The molecule has 2 aliphatic rings. The maximum atomic E-state index is 12.5. The molecule has 1 aromatic carbocycles. The predicted molar refractivity (Wildman–Crippen MR) is 110 cm³/mol. The van der Waals surface area contributed by atoms with E-state index in [4.69, 9.17) is 4.74 Å². The second-order valence-electron chi connectivity index (χ2n) is 8.09. The standard InChI is InChI=1S/C22H33N3O3/c1-4-18-6-8-20(9-7-18)25-15-19(12-21(25)26)22(27)23-10-5-11-24-13-16(2)28-17(3)14-24/h6-9,16-17,19H,4-5,10-15H2,1-3H3,(H,23,27). The van der Waals surface area contributed by atoms with Crippen LogP contribution in [-0.4, -0.2) is 61.6 Å². The molecule has 154 valence electrons. The fourth-order valence-electron chi connectivity index (χ4n) is 4.17. The molecule has 2 saturated heterocycles. The number of rotatable bonds is 7. The maximum absolute atomic E-state index is 12.5. The lowest BCUT2D eigenvalue weighted by molar-refractivity contribution is -0.126. The summed E-state index contributed by atoms with van der Waals surface area (Å²) < 4.78 is 5.75. The Balaban J connectivity index is 1.41. The second-order valence-corrected chi connectivity index (χ2v) is 8.09. The van der Waals surface area contributed by atoms with E-state index in [0.29, 0.717) is 19.5 Å². The zero-order valence-corrected chi connectivity index (χ0v) is 17.3. The van der Waals surface area contributed by atoms with Gasteiger partial charge >= 0.3 is 0 Å². The summed E-state index contributed by atoms with van der Waals surface area (Å²) in [7, 11) is 0. The monoisotopic (exact) mass is 387 g/mol. The number of benzene rings is 1. The van der Waals surface area contributed by atoms with Gasteiger partial charge in [-0.1, -0.05) is 19.1 Å². The van der Waals surface area contributed by atoms with Crippen molar-refractivity contribution in [3.8, 4) is 0 Å². The molecule has 3 unspecified atom stereocenters. The smallest absolute Gasteiger partial charge is 0.227 e. The molecule has 6 heteroatoms. The Hall–Kier alpha value is -1.92. The van der Waals surface area contributed by atoms with Crippen LogP contribution in [-0.2, 0) is 20.7 Å². The highest BCUT2D eigenvalue weighted by atomic mass is 16.5. The molecule has 0 radical (unpaired) electrons. The average molecular weight is 388 g/mol. The predicted octanol–water partition coefficient (Wildman–Crippen LogP) is 2.22. The SMILES string of the molecule is CCc1ccc(N2CC(C(=O)NCCCN3CC(C)OC(C)C3)CC2=O)cc1. The van der Waals surface area contributed by atoms with Crippen LogP contribution in [0.1, 0.15) is 39.2 Å². The quantitative estimate of drug-likeness (QED) is 0.729. The number of anilines is 1. The number of hydrogen-bond donors (Lipinski definition) is 1. The first-order chi connectivity index (χ1) is 13.5.